The van der Waals surface area contributed by atoms with E-state index in [4.69, 9.17) is 0 Å². The lowest BCUT2D eigenvalue weighted by atomic mass is 10.2. The predicted octanol–water partition coefficient (Wildman–Crippen LogP) is 2.36. The normalized spacial score (nSPS) is 16.2. The lowest BCUT2D eigenvalue weighted by molar-refractivity contribution is 0.194. The number of rotatable bonds is 6. The molecule has 8 heteroatoms. The van der Waals surface area contributed by atoms with Crippen LogP contribution in [-0.2, 0) is 10.0 Å². The van der Waals surface area contributed by atoms with Crippen molar-refractivity contribution in [1.29, 1.82) is 0 Å². The molecule has 1 aliphatic rings. The zero-order chi connectivity index (χ0) is 20.3. The van der Waals surface area contributed by atoms with Gasteiger partial charge in [0.05, 0.1) is 10.4 Å². The van der Waals surface area contributed by atoms with Gasteiger partial charge in [-0.1, -0.05) is 18.2 Å². The van der Waals surface area contributed by atoms with Gasteiger partial charge in [-0.3, -0.25) is 9.88 Å². The SMILES string of the molecule is Cc1nccc2nc(NCCN3CCN(S(=O)(=O)c4ccccc4)CC3)ccc12. The van der Waals surface area contributed by atoms with Crippen molar-refractivity contribution in [3.05, 3.63) is 60.4 Å². The first kappa shape index (κ1) is 19.8. The minimum absolute atomic E-state index is 0.364. The number of aryl methyl sites for hydroxylation is 1. The lowest BCUT2D eigenvalue weighted by Gasteiger charge is -2.34. The molecule has 0 spiro atoms. The molecule has 1 aliphatic heterocycles. The molecule has 0 saturated carbocycles. The van der Waals surface area contributed by atoms with Gasteiger partial charge in [0.15, 0.2) is 0 Å². The molecular formula is C21H25N5O2S. The van der Waals surface area contributed by atoms with Crippen LogP contribution in [0, 0.1) is 6.92 Å². The molecule has 0 bridgehead atoms. The Morgan fingerprint density at radius 3 is 2.52 bits per heavy atom. The topological polar surface area (TPSA) is 78.4 Å². The van der Waals surface area contributed by atoms with Crippen LogP contribution in [0.5, 0.6) is 0 Å². The van der Waals surface area contributed by atoms with Gasteiger partial charge < -0.3 is 5.32 Å². The maximum absolute atomic E-state index is 12.7. The van der Waals surface area contributed by atoms with Crippen LogP contribution < -0.4 is 5.32 Å². The highest BCUT2D eigenvalue weighted by atomic mass is 32.2. The minimum atomic E-state index is -3.40. The maximum Gasteiger partial charge on any atom is 0.243 e. The third-order valence-electron chi connectivity index (χ3n) is 5.26. The summed E-state index contributed by atoms with van der Waals surface area (Å²) >= 11 is 0. The number of aromatic nitrogens is 2. The van der Waals surface area contributed by atoms with E-state index < -0.39 is 10.0 Å². The Morgan fingerprint density at radius 2 is 1.76 bits per heavy atom. The summed E-state index contributed by atoms with van der Waals surface area (Å²) in [5.41, 5.74) is 1.91. The summed E-state index contributed by atoms with van der Waals surface area (Å²) < 4.78 is 27.0. The van der Waals surface area contributed by atoms with Crippen LogP contribution in [0.2, 0.25) is 0 Å². The number of anilines is 1. The summed E-state index contributed by atoms with van der Waals surface area (Å²) in [6.45, 7) is 6.06. The van der Waals surface area contributed by atoms with Gasteiger partial charge in [0, 0.05) is 56.5 Å². The molecule has 1 aromatic carbocycles. The molecular weight excluding hydrogens is 386 g/mol. The number of hydrogen-bond acceptors (Lipinski definition) is 6. The second-order valence-electron chi connectivity index (χ2n) is 7.15. The number of pyridine rings is 2. The molecule has 0 aliphatic carbocycles. The van der Waals surface area contributed by atoms with Crippen LogP contribution >= 0.6 is 0 Å². The van der Waals surface area contributed by atoms with Crippen molar-refractivity contribution in [3.8, 4) is 0 Å². The third-order valence-corrected chi connectivity index (χ3v) is 7.17. The number of benzene rings is 1. The standard InChI is InChI=1S/C21H25N5O2S/c1-17-19-7-8-21(24-20(19)9-10-22-17)23-11-12-25-13-15-26(16-14-25)29(27,28)18-5-3-2-4-6-18/h2-10H,11-16H2,1H3,(H,23,24). The Kier molecular flexibility index (Phi) is 5.75. The van der Waals surface area contributed by atoms with E-state index in [1.165, 1.54) is 0 Å². The number of fused-ring (bicyclic) bond motifs is 1. The molecule has 2 aromatic heterocycles. The van der Waals surface area contributed by atoms with Crippen LogP contribution in [-0.4, -0.2) is 66.9 Å². The van der Waals surface area contributed by atoms with Gasteiger partial charge in [0.25, 0.3) is 0 Å². The first-order chi connectivity index (χ1) is 14.0. The Balaban J connectivity index is 1.28. The summed E-state index contributed by atoms with van der Waals surface area (Å²) in [6.07, 6.45) is 1.78. The fourth-order valence-corrected chi connectivity index (χ4v) is 5.02. The van der Waals surface area contributed by atoms with E-state index in [1.807, 2.05) is 31.2 Å². The summed E-state index contributed by atoms with van der Waals surface area (Å²) in [5.74, 6) is 0.841. The molecule has 0 amide bonds. The van der Waals surface area contributed by atoms with Crippen LogP contribution in [0.1, 0.15) is 5.69 Å². The van der Waals surface area contributed by atoms with Crippen LogP contribution in [0.3, 0.4) is 0 Å². The molecule has 29 heavy (non-hydrogen) atoms. The van der Waals surface area contributed by atoms with Crippen molar-refractivity contribution in [1.82, 2.24) is 19.2 Å². The number of hydrogen-bond donors (Lipinski definition) is 1. The van der Waals surface area contributed by atoms with Crippen molar-refractivity contribution in [2.75, 3.05) is 44.6 Å². The zero-order valence-electron chi connectivity index (χ0n) is 16.5. The molecule has 1 N–H and O–H groups in total. The van der Waals surface area contributed by atoms with E-state index in [9.17, 15) is 8.42 Å². The second kappa shape index (κ2) is 8.44. The summed E-state index contributed by atoms with van der Waals surface area (Å²) in [7, 11) is -3.40. The van der Waals surface area contributed by atoms with Crippen molar-refractivity contribution in [2.45, 2.75) is 11.8 Å². The van der Waals surface area contributed by atoms with E-state index >= 15 is 0 Å². The molecule has 4 rings (SSSR count). The monoisotopic (exact) mass is 411 g/mol. The third kappa shape index (κ3) is 4.39. The first-order valence-corrected chi connectivity index (χ1v) is 11.2. The molecule has 7 nitrogen and oxygen atoms in total. The molecule has 0 radical (unpaired) electrons. The Morgan fingerprint density at radius 1 is 1.00 bits per heavy atom. The smallest absolute Gasteiger partial charge is 0.243 e. The molecule has 3 aromatic rings. The Bertz CT molecular complexity index is 1080. The Hall–Kier alpha value is -2.55. The number of sulfonamides is 1. The van der Waals surface area contributed by atoms with E-state index in [-0.39, 0.29) is 0 Å². The predicted molar refractivity (Wildman–Crippen MR) is 114 cm³/mol. The highest BCUT2D eigenvalue weighted by Gasteiger charge is 2.27. The minimum Gasteiger partial charge on any atom is -0.369 e. The summed E-state index contributed by atoms with van der Waals surface area (Å²) in [6, 6.07) is 14.6. The average Bonchev–Trinajstić information content (AvgIpc) is 2.75. The van der Waals surface area contributed by atoms with Gasteiger partial charge >= 0.3 is 0 Å². The van der Waals surface area contributed by atoms with Crippen LogP contribution in [0.15, 0.2) is 59.6 Å². The number of nitrogens with zero attached hydrogens (tertiary/aromatic N) is 4. The molecule has 1 saturated heterocycles. The lowest BCUT2D eigenvalue weighted by Crippen LogP contribution is -2.49. The van der Waals surface area contributed by atoms with E-state index in [1.54, 1.807) is 34.8 Å². The highest BCUT2D eigenvalue weighted by Crippen LogP contribution is 2.18. The van der Waals surface area contributed by atoms with Gasteiger partial charge in [0.2, 0.25) is 10.0 Å². The summed E-state index contributed by atoms with van der Waals surface area (Å²) in [4.78, 5) is 11.6. The van der Waals surface area contributed by atoms with E-state index in [0.29, 0.717) is 18.0 Å². The fourth-order valence-electron chi connectivity index (χ4n) is 3.57. The Labute approximate surface area is 171 Å². The average molecular weight is 412 g/mol. The van der Waals surface area contributed by atoms with E-state index in [0.717, 1.165) is 48.6 Å². The first-order valence-electron chi connectivity index (χ1n) is 9.78. The van der Waals surface area contributed by atoms with Gasteiger partial charge in [-0.15, -0.1) is 0 Å². The quantitative estimate of drug-likeness (QED) is 0.671. The van der Waals surface area contributed by atoms with Gasteiger partial charge in [-0.2, -0.15) is 4.31 Å². The van der Waals surface area contributed by atoms with E-state index in [2.05, 4.69) is 20.2 Å². The van der Waals surface area contributed by atoms with Crippen molar-refractivity contribution >= 4 is 26.7 Å². The molecule has 3 heterocycles. The van der Waals surface area contributed by atoms with Crippen molar-refractivity contribution in [3.63, 3.8) is 0 Å². The zero-order valence-corrected chi connectivity index (χ0v) is 17.3. The van der Waals surface area contributed by atoms with Crippen LogP contribution in [0.4, 0.5) is 5.82 Å². The molecule has 1 fully saturated rings. The largest absolute Gasteiger partial charge is 0.369 e. The number of piperazine rings is 1. The second-order valence-corrected chi connectivity index (χ2v) is 9.08. The van der Waals surface area contributed by atoms with Gasteiger partial charge in [-0.05, 0) is 37.3 Å². The van der Waals surface area contributed by atoms with Crippen molar-refractivity contribution < 1.29 is 8.42 Å². The summed E-state index contributed by atoms with van der Waals surface area (Å²) in [5, 5.41) is 4.43. The highest BCUT2D eigenvalue weighted by molar-refractivity contribution is 7.89. The molecule has 0 unspecified atom stereocenters. The van der Waals surface area contributed by atoms with Gasteiger partial charge in [-0.25, -0.2) is 13.4 Å². The molecule has 152 valence electrons. The van der Waals surface area contributed by atoms with Gasteiger partial charge in [0.1, 0.15) is 5.82 Å². The fraction of sp³-hybridized carbons (Fsp3) is 0.333. The molecule has 0 atom stereocenters. The van der Waals surface area contributed by atoms with Crippen molar-refractivity contribution in [2.24, 2.45) is 0 Å². The van der Waals surface area contributed by atoms with Crippen LogP contribution in [0.25, 0.3) is 10.9 Å². The maximum atomic E-state index is 12.7. The number of nitrogens with one attached hydrogen (secondary N) is 1.